The van der Waals surface area contributed by atoms with E-state index in [0.29, 0.717) is 11.2 Å². The average molecular weight is 227 g/mol. The number of nitrogen functional groups attached to an aromatic ring is 1. The van der Waals surface area contributed by atoms with Crippen LogP contribution in [0.1, 0.15) is 24.1 Å². The Morgan fingerprint density at radius 2 is 2.40 bits per heavy atom. The summed E-state index contributed by atoms with van der Waals surface area (Å²) < 4.78 is 0. The lowest BCUT2D eigenvalue weighted by molar-refractivity contribution is 0.0955. The summed E-state index contributed by atoms with van der Waals surface area (Å²) in [6.45, 7) is 1.85. The predicted molar refractivity (Wildman–Crippen MR) is 61.7 cm³/mol. The Morgan fingerprint density at radius 1 is 1.60 bits per heavy atom. The van der Waals surface area contributed by atoms with Crippen LogP contribution in [0.25, 0.3) is 0 Å². The normalized spacial score (nSPS) is 16.9. The molecule has 0 spiro atoms. The van der Waals surface area contributed by atoms with E-state index in [9.17, 15) is 0 Å². The molecule has 1 fully saturated rings. The first-order valence-electron chi connectivity index (χ1n) is 5.34. The fourth-order valence-corrected chi connectivity index (χ4v) is 2.58. The minimum absolute atomic E-state index is 0.227. The van der Waals surface area contributed by atoms with Gasteiger partial charge < -0.3 is 10.8 Å². The van der Waals surface area contributed by atoms with Crippen molar-refractivity contribution in [2.45, 2.75) is 31.8 Å². The Balaban J connectivity index is 1.93. The van der Waals surface area contributed by atoms with E-state index in [0.717, 1.165) is 13.1 Å². The summed E-state index contributed by atoms with van der Waals surface area (Å²) in [5.74, 6) is 0. The molecular formula is C10H17N3OS. The summed E-state index contributed by atoms with van der Waals surface area (Å²) in [6.07, 6.45) is 5.67. The summed E-state index contributed by atoms with van der Waals surface area (Å²) >= 11 is 1.54. The molecule has 3 N–H and O–H groups in total. The number of anilines is 1. The van der Waals surface area contributed by atoms with Crippen LogP contribution in [0.3, 0.4) is 0 Å². The largest absolute Gasteiger partial charge is 0.395 e. The second-order valence-electron chi connectivity index (χ2n) is 3.94. The van der Waals surface area contributed by atoms with Gasteiger partial charge in [-0.2, -0.15) is 0 Å². The van der Waals surface area contributed by atoms with Gasteiger partial charge in [0.2, 0.25) is 0 Å². The Kier molecular flexibility index (Phi) is 3.56. The van der Waals surface area contributed by atoms with Crippen molar-refractivity contribution in [1.29, 1.82) is 0 Å². The van der Waals surface area contributed by atoms with Gasteiger partial charge in [0, 0.05) is 30.2 Å². The molecule has 1 heterocycles. The van der Waals surface area contributed by atoms with Crippen LogP contribution >= 0.6 is 11.3 Å². The third kappa shape index (κ3) is 2.68. The summed E-state index contributed by atoms with van der Waals surface area (Å²) in [6, 6.07) is 0.653. The SMILES string of the molecule is Nc1ncc(CN(CCO)C2CCC2)s1. The quantitative estimate of drug-likeness (QED) is 0.790. The molecule has 0 radical (unpaired) electrons. The fraction of sp³-hybridized carbons (Fsp3) is 0.700. The first-order valence-corrected chi connectivity index (χ1v) is 6.16. The van der Waals surface area contributed by atoms with Gasteiger partial charge in [0.25, 0.3) is 0 Å². The van der Waals surface area contributed by atoms with Crippen molar-refractivity contribution in [3.8, 4) is 0 Å². The van der Waals surface area contributed by atoms with Crippen molar-refractivity contribution in [2.75, 3.05) is 18.9 Å². The lowest BCUT2D eigenvalue weighted by atomic mass is 9.91. The first kappa shape index (κ1) is 10.9. The van der Waals surface area contributed by atoms with Crippen LogP contribution < -0.4 is 5.73 Å². The van der Waals surface area contributed by atoms with Gasteiger partial charge >= 0.3 is 0 Å². The Morgan fingerprint density at radius 3 is 2.87 bits per heavy atom. The maximum absolute atomic E-state index is 9.01. The number of aliphatic hydroxyl groups is 1. The lowest BCUT2D eigenvalue weighted by Gasteiger charge is -2.36. The number of thiazole rings is 1. The molecule has 1 saturated carbocycles. The van der Waals surface area contributed by atoms with E-state index < -0.39 is 0 Å². The van der Waals surface area contributed by atoms with Crippen LogP contribution in [0.4, 0.5) is 5.13 Å². The number of rotatable bonds is 5. The van der Waals surface area contributed by atoms with E-state index in [4.69, 9.17) is 10.8 Å². The summed E-state index contributed by atoms with van der Waals surface area (Å²) in [7, 11) is 0. The molecule has 84 valence electrons. The van der Waals surface area contributed by atoms with Gasteiger partial charge in [-0.15, -0.1) is 11.3 Å². The number of aliphatic hydroxyl groups excluding tert-OH is 1. The van der Waals surface area contributed by atoms with E-state index in [-0.39, 0.29) is 6.61 Å². The van der Waals surface area contributed by atoms with E-state index in [1.165, 1.54) is 35.5 Å². The van der Waals surface area contributed by atoms with Crippen molar-refractivity contribution < 1.29 is 5.11 Å². The minimum Gasteiger partial charge on any atom is -0.395 e. The van der Waals surface area contributed by atoms with Gasteiger partial charge in [-0.3, -0.25) is 4.90 Å². The molecule has 1 aliphatic carbocycles. The number of hydrogen-bond donors (Lipinski definition) is 2. The number of hydrogen-bond acceptors (Lipinski definition) is 5. The topological polar surface area (TPSA) is 62.4 Å². The monoisotopic (exact) mass is 227 g/mol. The number of nitrogens with two attached hydrogens (primary N) is 1. The molecule has 2 rings (SSSR count). The molecule has 4 nitrogen and oxygen atoms in total. The highest BCUT2D eigenvalue weighted by Gasteiger charge is 2.24. The molecule has 15 heavy (non-hydrogen) atoms. The summed E-state index contributed by atoms with van der Waals surface area (Å²) in [5.41, 5.74) is 5.59. The number of nitrogens with zero attached hydrogens (tertiary/aromatic N) is 2. The van der Waals surface area contributed by atoms with Gasteiger partial charge in [0.1, 0.15) is 0 Å². The zero-order chi connectivity index (χ0) is 10.7. The van der Waals surface area contributed by atoms with Crippen molar-refractivity contribution in [1.82, 2.24) is 9.88 Å². The third-order valence-electron chi connectivity index (χ3n) is 2.91. The molecule has 1 aliphatic rings. The highest BCUT2D eigenvalue weighted by Crippen LogP contribution is 2.27. The molecule has 1 aromatic heterocycles. The maximum atomic E-state index is 9.01. The third-order valence-corrected chi connectivity index (χ3v) is 3.72. The van der Waals surface area contributed by atoms with Crippen LogP contribution in [0.2, 0.25) is 0 Å². The summed E-state index contributed by atoms with van der Waals surface area (Å²) in [4.78, 5) is 7.56. The Hall–Kier alpha value is -0.650. The standard InChI is InChI=1S/C10H17N3OS/c11-10-12-6-9(15-10)7-13(4-5-14)8-2-1-3-8/h6,8,14H,1-5,7H2,(H2,11,12). The Bertz CT molecular complexity index is 311. The molecular weight excluding hydrogens is 210 g/mol. The van der Waals surface area contributed by atoms with Gasteiger partial charge in [0.05, 0.1) is 6.61 Å². The average Bonchev–Trinajstić information content (AvgIpc) is 2.48. The maximum Gasteiger partial charge on any atom is 0.180 e. The molecule has 1 aromatic rings. The van der Waals surface area contributed by atoms with Crippen molar-refractivity contribution in [3.05, 3.63) is 11.1 Å². The zero-order valence-corrected chi connectivity index (χ0v) is 9.54. The van der Waals surface area contributed by atoms with Crippen LogP contribution in [0.15, 0.2) is 6.20 Å². The van der Waals surface area contributed by atoms with Crippen molar-refractivity contribution in [2.24, 2.45) is 0 Å². The van der Waals surface area contributed by atoms with Crippen molar-refractivity contribution in [3.63, 3.8) is 0 Å². The first-order chi connectivity index (χ1) is 7.29. The number of aromatic nitrogens is 1. The lowest BCUT2D eigenvalue weighted by Crippen LogP contribution is -2.41. The van der Waals surface area contributed by atoms with Gasteiger partial charge in [-0.05, 0) is 12.8 Å². The van der Waals surface area contributed by atoms with Crippen LogP contribution in [0.5, 0.6) is 0 Å². The van der Waals surface area contributed by atoms with E-state index in [1.54, 1.807) is 0 Å². The molecule has 0 saturated heterocycles. The second-order valence-corrected chi connectivity index (χ2v) is 5.09. The van der Waals surface area contributed by atoms with E-state index in [1.807, 2.05) is 6.20 Å². The molecule has 5 heteroatoms. The molecule has 0 aromatic carbocycles. The highest BCUT2D eigenvalue weighted by atomic mass is 32.1. The summed E-state index contributed by atoms with van der Waals surface area (Å²) in [5, 5.41) is 9.64. The highest BCUT2D eigenvalue weighted by molar-refractivity contribution is 7.15. The van der Waals surface area contributed by atoms with E-state index in [2.05, 4.69) is 9.88 Å². The molecule has 0 amide bonds. The van der Waals surface area contributed by atoms with Gasteiger partial charge in [-0.25, -0.2) is 4.98 Å². The zero-order valence-electron chi connectivity index (χ0n) is 8.72. The smallest absolute Gasteiger partial charge is 0.180 e. The second kappa shape index (κ2) is 4.92. The van der Waals surface area contributed by atoms with Gasteiger partial charge in [-0.1, -0.05) is 6.42 Å². The predicted octanol–water partition coefficient (Wildman–Crippen LogP) is 1.07. The fourth-order valence-electron chi connectivity index (χ4n) is 1.87. The van der Waals surface area contributed by atoms with Crippen LogP contribution in [-0.2, 0) is 6.54 Å². The van der Waals surface area contributed by atoms with Crippen molar-refractivity contribution >= 4 is 16.5 Å². The Labute approximate surface area is 93.7 Å². The van der Waals surface area contributed by atoms with E-state index >= 15 is 0 Å². The molecule has 0 unspecified atom stereocenters. The van der Waals surface area contributed by atoms with Crippen LogP contribution in [-0.4, -0.2) is 34.2 Å². The molecule has 0 bridgehead atoms. The molecule has 0 atom stereocenters. The minimum atomic E-state index is 0.227. The van der Waals surface area contributed by atoms with Gasteiger partial charge in [0.15, 0.2) is 5.13 Å². The molecule has 0 aliphatic heterocycles. The van der Waals surface area contributed by atoms with Crippen LogP contribution in [0, 0.1) is 0 Å².